The molecule has 0 aromatic carbocycles. The van der Waals surface area contributed by atoms with Gasteiger partial charge in [-0.05, 0) is 36.7 Å². The summed E-state index contributed by atoms with van der Waals surface area (Å²) in [6.45, 7) is 4.56. The Balaban J connectivity index is 2.38. The first-order valence-electron chi connectivity index (χ1n) is 4.87. The molecule has 12 heavy (non-hydrogen) atoms. The van der Waals surface area contributed by atoms with Crippen molar-refractivity contribution in [3.63, 3.8) is 0 Å². The van der Waals surface area contributed by atoms with Gasteiger partial charge in [-0.15, -0.1) is 0 Å². The fourth-order valence-electron chi connectivity index (χ4n) is 2.66. The summed E-state index contributed by atoms with van der Waals surface area (Å²) < 4.78 is 0. The molecule has 66 valence electrons. The van der Waals surface area contributed by atoms with Gasteiger partial charge >= 0.3 is 0 Å². The molecule has 0 aliphatic heterocycles. The molecule has 2 unspecified atom stereocenters. The van der Waals surface area contributed by atoms with Gasteiger partial charge in [0.25, 0.3) is 0 Å². The first-order valence-corrected chi connectivity index (χ1v) is 4.87. The molecule has 0 radical (unpaired) electrons. The largest absolute Gasteiger partial charge is 0.295 e. The molecule has 0 amide bonds. The molecule has 0 spiro atoms. The van der Waals surface area contributed by atoms with Gasteiger partial charge in [0.15, 0.2) is 5.78 Å². The van der Waals surface area contributed by atoms with Crippen molar-refractivity contribution >= 4 is 5.78 Å². The molecular weight excluding hydrogens is 148 g/mol. The summed E-state index contributed by atoms with van der Waals surface area (Å²) in [7, 11) is 0. The standard InChI is InChI=1S/C11H16O/c1-8-3-5-11(2)6-4-9(12)7-10(8)11/h7-8H,3-6H2,1-2H3. The van der Waals surface area contributed by atoms with Gasteiger partial charge in [-0.1, -0.05) is 19.4 Å². The zero-order valence-electron chi connectivity index (χ0n) is 7.89. The number of ketones is 1. The lowest BCUT2D eigenvalue weighted by Gasteiger charge is -2.30. The Bertz CT molecular complexity index is 252. The van der Waals surface area contributed by atoms with Gasteiger partial charge in [-0.25, -0.2) is 0 Å². The molecule has 1 fully saturated rings. The predicted molar refractivity (Wildman–Crippen MR) is 48.8 cm³/mol. The highest BCUT2D eigenvalue weighted by Gasteiger charge is 2.40. The Morgan fingerprint density at radius 3 is 3.00 bits per heavy atom. The van der Waals surface area contributed by atoms with Crippen LogP contribution >= 0.6 is 0 Å². The number of hydrogen-bond acceptors (Lipinski definition) is 1. The minimum Gasteiger partial charge on any atom is -0.295 e. The Kier molecular flexibility index (Phi) is 1.64. The molecule has 2 aliphatic carbocycles. The van der Waals surface area contributed by atoms with E-state index in [1.807, 2.05) is 6.08 Å². The Labute approximate surface area is 73.8 Å². The monoisotopic (exact) mass is 164 g/mol. The van der Waals surface area contributed by atoms with Crippen molar-refractivity contribution in [2.75, 3.05) is 0 Å². The second kappa shape index (κ2) is 2.45. The van der Waals surface area contributed by atoms with E-state index in [1.165, 1.54) is 18.4 Å². The lowest BCUT2D eigenvalue weighted by Crippen LogP contribution is -2.22. The van der Waals surface area contributed by atoms with Crippen LogP contribution in [0.15, 0.2) is 11.6 Å². The van der Waals surface area contributed by atoms with Gasteiger partial charge in [0.2, 0.25) is 0 Å². The van der Waals surface area contributed by atoms with Crippen molar-refractivity contribution < 1.29 is 4.79 Å². The summed E-state index contributed by atoms with van der Waals surface area (Å²) in [5.74, 6) is 0.996. The first kappa shape index (κ1) is 8.03. The minimum absolute atomic E-state index is 0.344. The van der Waals surface area contributed by atoms with Crippen molar-refractivity contribution in [1.82, 2.24) is 0 Å². The van der Waals surface area contributed by atoms with Crippen molar-refractivity contribution in [2.24, 2.45) is 11.3 Å². The van der Waals surface area contributed by atoms with Crippen molar-refractivity contribution in [3.8, 4) is 0 Å². The van der Waals surface area contributed by atoms with Crippen LogP contribution in [0.2, 0.25) is 0 Å². The van der Waals surface area contributed by atoms with Gasteiger partial charge in [0.05, 0.1) is 0 Å². The molecule has 0 aromatic rings. The van der Waals surface area contributed by atoms with E-state index >= 15 is 0 Å². The van der Waals surface area contributed by atoms with Crippen molar-refractivity contribution in [1.29, 1.82) is 0 Å². The van der Waals surface area contributed by atoms with E-state index in [9.17, 15) is 4.79 Å². The zero-order chi connectivity index (χ0) is 8.77. The van der Waals surface area contributed by atoms with Crippen LogP contribution in [-0.4, -0.2) is 5.78 Å². The third-order valence-corrected chi connectivity index (χ3v) is 3.60. The number of allylic oxidation sites excluding steroid dienone is 2. The Hall–Kier alpha value is -0.590. The number of carbonyl (C=O) groups is 1. The van der Waals surface area contributed by atoms with Crippen LogP contribution < -0.4 is 0 Å². The Morgan fingerprint density at radius 2 is 2.25 bits per heavy atom. The third kappa shape index (κ3) is 1.03. The zero-order valence-corrected chi connectivity index (χ0v) is 7.89. The fourth-order valence-corrected chi connectivity index (χ4v) is 2.66. The molecule has 0 heterocycles. The second-order valence-corrected chi connectivity index (χ2v) is 4.57. The molecule has 2 rings (SSSR count). The van der Waals surface area contributed by atoms with Crippen LogP contribution in [0.5, 0.6) is 0 Å². The number of hydrogen-bond donors (Lipinski definition) is 0. The van der Waals surface area contributed by atoms with E-state index in [1.54, 1.807) is 0 Å². The topological polar surface area (TPSA) is 17.1 Å². The number of carbonyl (C=O) groups excluding carboxylic acids is 1. The third-order valence-electron chi connectivity index (χ3n) is 3.60. The van der Waals surface area contributed by atoms with Gasteiger partial charge < -0.3 is 0 Å². The molecule has 2 atom stereocenters. The van der Waals surface area contributed by atoms with Gasteiger partial charge in [0.1, 0.15) is 0 Å². The van der Waals surface area contributed by atoms with E-state index in [4.69, 9.17) is 0 Å². The predicted octanol–water partition coefficient (Wildman–Crippen LogP) is 2.71. The van der Waals surface area contributed by atoms with Crippen LogP contribution in [0.1, 0.15) is 39.5 Å². The molecule has 0 saturated heterocycles. The van der Waals surface area contributed by atoms with E-state index in [-0.39, 0.29) is 0 Å². The lowest BCUT2D eigenvalue weighted by molar-refractivity contribution is -0.115. The van der Waals surface area contributed by atoms with Crippen LogP contribution in [0, 0.1) is 11.3 Å². The summed E-state index contributed by atoms with van der Waals surface area (Å²) in [6.07, 6.45) is 6.33. The second-order valence-electron chi connectivity index (χ2n) is 4.57. The summed E-state index contributed by atoms with van der Waals surface area (Å²) in [5.41, 5.74) is 1.81. The molecule has 1 heteroatoms. The summed E-state index contributed by atoms with van der Waals surface area (Å²) >= 11 is 0. The van der Waals surface area contributed by atoms with Crippen LogP contribution in [0.25, 0.3) is 0 Å². The van der Waals surface area contributed by atoms with E-state index in [0.717, 1.165) is 12.8 Å². The fraction of sp³-hybridized carbons (Fsp3) is 0.727. The van der Waals surface area contributed by atoms with E-state index in [0.29, 0.717) is 17.1 Å². The Morgan fingerprint density at radius 1 is 1.50 bits per heavy atom. The van der Waals surface area contributed by atoms with Crippen LogP contribution in [0.4, 0.5) is 0 Å². The van der Waals surface area contributed by atoms with Crippen molar-refractivity contribution in [3.05, 3.63) is 11.6 Å². The summed E-state index contributed by atoms with van der Waals surface area (Å²) in [4.78, 5) is 11.2. The van der Waals surface area contributed by atoms with Gasteiger partial charge in [-0.3, -0.25) is 4.79 Å². The van der Waals surface area contributed by atoms with Gasteiger partial charge in [0, 0.05) is 6.42 Å². The summed E-state index contributed by atoms with van der Waals surface area (Å²) in [5, 5.41) is 0. The maximum absolute atomic E-state index is 11.2. The van der Waals surface area contributed by atoms with E-state index < -0.39 is 0 Å². The number of fused-ring (bicyclic) bond motifs is 1. The van der Waals surface area contributed by atoms with Gasteiger partial charge in [-0.2, -0.15) is 0 Å². The molecular formula is C11H16O. The van der Waals surface area contributed by atoms with E-state index in [2.05, 4.69) is 13.8 Å². The highest BCUT2D eigenvalue weighted by Crippen LogP contribution is 2.50. The first-order chi connectivity index (χ1) is 5.62. The average molecular weight is 164 g/mol. The molecule has 2 aliphatic rings. The lowest BCUT2D eigenvalue weighted by atomic mass is 9.74. The molecule has 1 nitrogen and oxygen atoms in total. The summed E-state index contributed by atoms with van der Waals surface area (Å²) in [6, 6.07) is 0. The molecule has 0 N–H and O–H groups in total. The quantitative estimate of drug-likeness (QED) is 0.538. The molecule has 1 saturated carbocycles. The highest BCUT2D eigenvalue weighted by atomic mass is 16.1. The van der Waals surface area contributed by atoms with Crippen LogP contribution in [-0.2, 0) is 4.79 Å². The maximum Gasteiger partial charge on any atom is 0.155 e. The SMILES string of the molecule is CC1CCC2(C)CCC(=O)C=C12. The molecule has 0 bridgehead atoms. The minimum atomic E-state index is 0.344. The smallest absolute Gasteiger partial charge is 0.155 e. The van der Waals surface area contributed by atoms with Crippen LogP contribution in [0.3, 0.4) is 0 Å². The number of rotatable bonds is 0. The van der Waals surface area contributed by atoms with Crippen molar-refractivity contribution in [2.45, 2.75) is 39.5 Å². The molecule has 0 aromatic heterocycles. The maximum atomic E-state index is 11.2. The average Bonchev–Trinajstić information content (AvgIpc) is 2.31. The normalized spacial score (nSPS) is 41.0. The highest BCUT2D eigenvalue weighted by molar-refractivity contribution is 5.91.